The summed E-state index contributed by atoms with van der Waals surface area (Å²) in [7, 11) is 1.33. The summed E-state index contributed by atoms with van der Waals surface area (Å²) >= 11 is 0. The second-order valence-corrected chi connectivity index (χ2v) is 6.62. The predicted octanol–water partition coefficient (Wildman–Crippen LogP) is 4.34. The summed E-state index contributed by atoms with van der Waals surface area (Å²) in [6, 6.07) is 8.35. The Morgan fingerprint density at radius 3 is 2.79 bits per heavy atom. The summed E-state index contributed by atoms with van der Waals surface area (Å²) in [6.45, 7) is 2.69. The highest BCUT2D eigenvalue weighted by Crippen LogP contribution is 2.37. The fourth-order valence-corrected chi connectivity index (χ4v) is 3.69. The minimum Gasteiger partial charge on any atom is -0.493 e. The van der Waals surface area contributed by atoms with Crippen LogP contribution in [0.25, 0.3) is 11.5 Å². The number of anilines is 1. The van der Waals surface area contributed by atoms with E-state index in [-0.39, 0.29) is 11.8 Å². The van der Waals surface area contributed by atoms with Gasteiger partial charge in [0, 0.05) is 48.7 Å². The summed E-state index contributed by atoms with van der Waals surface area (Å²) in [5, 5.41) is 0. The average molecular weight is 382 g/mol. The molecule has 0 radical (unpaired) electrons. The van der Waals surface area contributed by atoms with Gasteiger partial charge in [-0.15, -0.1) is 0 Å². The number of ether oxygens (including phenoxy) is 1. The molecule has 1 atom stereocenters. The number of methoxy groups -OCH3 is 1. The molecule has 1 aliphatic rings. The summed E-state index contributed by atoms with van der Waals surface area (Å²) in [6.07, 6.45) is 4.99. The Hall–Kier alpha value is -3.09. The van der Waals surface area contributed by atoms with E-state index in [0.29, 0.717) is 24.5 Å². The molecule has 0 saturated heterocycles. The Bertz CT molecular complexity index is 997. The molecular weight excluding hydrogens is 362 g/mol. The zero-order valence-corrected chi connectivity index (χ0v) is 15.7. The molecule has 0 spiro atoms. The lowest BCUT2D eigenvalue weighted by Gasteiger charge is -2.38. The SMILES string of the molecule is CC[C@H]1c2cnc(-c3ccccn3)nc2CCN1c1cc(F)c(F)c(OC)c1. The van der Waals surface area contributed by atoms with Gasteiger partial charge in [-0.3, -0.25) is 4.98 Å². The Labute approximate surface area is 162 Å². The number of halogens is 2. The second-order valence-electron chi connectivity index (χ2n) is 6.62. The van der Waals surface area contributed by atoms with Crippen LogP contribution in [0.4, 0.5) is 14.5 Å². The monoisotopic (exact) mass is 382 g/mol. The zero-order valence-electron chi connectivity index (χ0n) is 15.7. The molecule has 0 unspecified atom stereocenters. The van der Waals surface area contributed by atoms with Crippen molar-refractivity contribution in [1.82, 2.24) is 15.0 Å². The molecule has 3 heterocycles. The molecule has 0 N–H and O–H groups in total. The molecule has 7 heteroatoms. The third-order valence-electron chi connectivity index (χ3n) is 5.04. The molecule has 0 fully saturated rings. The van der Waals surface area contributed by atoms with Gasteiger partial charge in [-0.25, -0.2) is 14.4 Å². The van der Waals surface area contributed by atoms with E-state index in [1.807, 2.05) is 24.4 Å². The molecule has 4 rings (SSSR count). The summed E-state index contributed by atoms with van der Waals surface area (Å²) in [5.41, 5.74) is 3.28. The van der Waals surface area contributed by atoms with Crippen LogP contribution >= 0.6 is 0 Å². The first-order valence-electron chi connectivity index (χ1n) is 9.19. The smallest absolute Gasteiger partial charge is 0.200 e. The minimum atomic E-state index is -0.972. The first-order valence-corrected chi connectivity index (χ1v) is 9.19. The van der Waals surface area contributed by atoms with Crippen molar-refractivity contribution in [2.24, 2.45) is 0 Å². The van der Waals surface area contributed by atoms with Crippen molar-refractivity contribution < 1.29 is 13.5 Å². The number of rotatable bonds is 4. The highest BCUT2D eigenvalue weighted by Gasteiger charge is 2.29. The predicted molar refractivity (Wildman–Crippen MR) is 102 cm³/mol. The standard InChI is InChI=1S/C21H20F2N4O/c1-3-18-14-12-25-21(17-6-4-5-8-24-17)26-16(14)7-9-27(18)13-10-15(22)20(23)19(11-13)28-2/h4-6,8,10-12,18H,3,7,9H2,1-2H3/t18-/m0/s1. The number of fused-ring (bicyclic) bond motifs is 1. The zero-order chi connectivity index (χ0) is 19.7. The van der Waals surface area contributed by atoms with Crippen LogP contribution in [0.15, 0.2) is 42.7 Å². The highest BCUT2D eigenvalue weighted by atomic mass is 19.2. The molecule has 1 aliphatic heterocycles. The van der Waals surface area contributed by atoms with Gasteiger partial charge in [0.25, 0.3) is 0 Å². The lowest BCUT2D eigenvalue weighted by atomic mass is 9.95. The molecular formula is C21H20F2N4O. The maximum absolute atomic E-state index is 14.0. The van der Waals surface area contributed by atoms with E-state index < -0.39 is 11.6 Å². The van der Waals surface area contributed by atoms with Crippen molar-refractivity contribution in [3.05, 3.63) is 65.6 Å². The van der Waals surface area contributed by atoms with Gasteiger partial charge in [-0.05, 0) is 18.6 Å². The van der Waals surface area contributed by atoms with Gasteiger partial charge in [0.1, 0.15) is 5.69 Å². The number of benzene rings is 1. The Balaban J connectivity index is 1.71. The Morgan fingerprint density at radius 1 is 1.21 bits per heavy atom. The van der Waals surface area contributed by atoms with Gasteiger partial charge in [-0.2, -0.15) is 4.39 Å². The molecule has 3 aromatic rings. The summed E-state index contributed by atoms with van der Waals surface area (Å²) in [5.74, 6) is -1.40. The van der Waals surface area contributed by atoms with Gasteiger partial charge in [0.05, 0.1) is 18.8 Å². The fourth-order valence-electron chi connectivity index (χ4n) is 3.69. The van der Waals surface area contributed by atoms with Crippen LogP contribution in [-0.4, -0.2) is 28.6 Å². The van der Waals surface area contributed by atoms with Crippen molar-refractivity contribution in [1.29, 1.82) is 0 Å². The molecule has 0 saturated carbocycles. The van der Waals surface area contributed by atoms with Gasteiger partial charge in [-0.1, -0.05) is 13.0 Å². The van der Waals surface area contributed by atoms with Crippen molar-refractivity contribution in [3.8, 4) is 17.3 Å². The number of nitrogens with zero attached hydrogens (tertiary/aromatic N) is 4. The largest absolute Gasteiger partial charge is 0.493 e. The van der Waals surface area contributed by atoms with Crippen molar-refractivity contribution in [3.63, 3.8) is 0 Å². The lowest BCUT2D eigenvalue weighted by molar-refractivity contribution is 0.371. The lowest BCUT2D eigenvalue weighted by Crippen LogP contribution is -2.36. The topological polar surface area (TPSA) is 51.1 Å². The number of hydrogen-bond donors (Lipinski definition) is 0. The van der Waals surface area contributed by atoms with Crippen LogP contribution in [0.3, 0.4) is 0 Å². The van der Waals surface area contributed by atoms with Gasteiger partial charge >= 0.3 is 0 Å². The third kappa shape index (κ3) is 3.17. The van der Waals surface area contributed by atoms with E-state index in [1.165, 1.54) is 19.2 Å². The van der Waals surface area contributed by atoms with Gasteiger partial charge in [0.2, 0.25) is 5.82 Å². The maximum Gasteiger partial charge on any atom is 0.200 e. The van der Waals surface area contributed by atoms with Crippen LogP contribution in [-0.2, 0) is 6.42 Å². The molecule has 0 amide bonds. The van der Waals surface area contributed by atoms with E-state index in [0.717, 1.165) is 23.4 Å². The number of hydrogen-bond acceptors (Lipinski definition) is 5. The van der Waals surface area contributed by atoms with Crippen molar-refractivity contribution in [2.75, 3.05) is 18.6 Å². The van der Waals surface area contributed by atoms with E-state index in [2.05, 4.69) is 21.8 Å². The first-order chi connectivity index (χ1) is 13.6. The molecule has 1 aromatic carbocycles. The average Bonchev–Trinajstić information content (AvgIpc) is 2.75. The second kappa shape index (κ2) is 7.50. The fraction of sp³-hybridized carbons (Fsp3) is 0.286. The van der Waals surface area contributed by atoms with Crippen molar-refractivity contribution >= 4 is 5.69 Å². The van der Waals surface area contributed by atoms with Crippen LogP contribution in [0.2, 0.25) is 0 Å². The van der Waals surface area contributed by atoms with Crippen LogP contribution in [0.1, 0.15) is 30.6 Å². The summed E-state index contributed by atoms with van der Waals surface area (Å²) < 4.78 is 32.9. The molecule has 0 aliphatic carbocycles. The molecule has 28 heavy (non-hydrogen) atoms. The Morgan fingerprint density at radius 2 is 2.07 bits per heavy atom. The number of aromatic nitrogens is 3. The maximum atomic E-state index is 14.0. The van der Waals surface area contributed by atoms with E-state index >= 15 is 0 Å². The quantitative estimate of drug-likeness (QED) is 0.672. The van der Waals surface area contributed by atoms with Crippen molar-refractivity contribution in [2.45, 2.75) is 25.8 Å². The third-order valence-corrected chi connectivity index (χ3v) is 5.04. The van der Waals surface area contributed by atoms with Crippen LogP contribution < -0.4 is 9.64 Å². The molecule has 144 valence electrons. The normalized spacial score (nSPS) is 16.0. The van der Waals surface area contributed by atoms with Crippen LogP contribution in [0.5, 0.6) is 5.75 Å². The van der Waals surface area contributed by atoms with E-state index in [9.17, 15) is 8.78 Å². The minimum absolute atomic E-state index is 0.0314. The van der Waals surface area contributed by atoms with Crippen LogP contribution in [0, 0.1) is 11.6 Å². The molecule has 5 nitrogen and oxygen atoms in total. The molecule has 2 aromatic heterocycles. The van der Waals surface area contributed by atoms with Gasteiger partial charge in [0.15, 0.2) is 17.4 Å². The number of pyridine rings is 1. The first kappa shape index (κ1) is 18.3. The van der Waals surface area contributed by atoms with Gasteiger partial charge < -0.3 is 9.64 Å². The van der Waals surface area contributed by atoms with E-state index in [4.69, 9.17) is 9.72 Å². The highest BCUT2D eigenvalue weighted by molar-refractivity contribution is 5.56. The Kier molecular flexibility index (Phi) is 4.90. The molecule has 0 bridgehead atoms. The summed E-state index contributed by atoms with van der Waals surface area (Å²) in [4.78, 5) is 15.6. The van der Waals surface area contributed by atoms with E-state index in [1.54, 1.807) is 6.20 Å².